The number of piperazine rings is 1. The predicted octanol–water partition coefficient (Wildman–Crippen LogP) is 0.165. The molecule has 1 heterocycles. The molecule has 0 amide bonds. The number of rotatable bonds is 7. The highest BCUT2D eigenvalue weighted by molar-refractivity contribution is 5.76. The maximum Gasteiger partial charge on any atom is 0.324 e. The van der Waals surface area contributed by atoms with Crippen LogP contribution in [0.4, 0.5) is 0 Å². The molecule has 1 unspecified atom stereocenters. The molecule has 106 valence electrons. The first-order chi connectivity index (χ1) is 8.71. The lowest BCUT2D eigenvalue weighted by molar-refractivity contribution is -0.146. The lowest BCUT2D eigenvalue weighted by Crippen LogP contribution is -2.53. The molecule has 0 aliphatic carbocycles. The standard InChI is InChI=1S/C13H27N3O2/c1-4-14-12(13(17)18-6-3)11-16-9-7-15(5-2)8-10-16/h12,14H,4-11H2,1-3H3. The first-order valence-electron chi connectivity index (χ1n) is 7.05. The topological polar surface area (TPSA) is 44.8 Å². The van der Waals surface area contributed by atoms with Crippen LogP contribution in [0.5, 0.6) is 0 Å². The van der Waals surface area contributed by atoms with Crippen molar-refractivity contribution in [2.75, 3.05) is 52.4 Å². The zero-order valence-electron chi connectivity index (χ0n) is 11.9. The second-order valence-electron chi connectivity index (χ2n) is 4.60. The maximum absolute atomic E-state index is 11.8. The van der Waals surface area contributed by atoms with E-state index in [1.807, 2.05) is 13.8 Å². The molecule has 0 aromatic carbocycles. The van der Waals surface area contributed by atoms with E-state index in [1.165, 1.54) is 0 Å². The minimum Gasteiger partial charge on any atom is -0.465 e. The van der Waals surface area contributed by atoms with Crippen molar-refractivity contribution < 1.29 is 9.53 Å². The minimum absolute atomic E-state index is 0.128. The molecule has 1 aliphatic rings. The molecule has 1 rings (SSSR count). The molecule has 1 saturated heterocycles. The molecule has 5 nitrogen and oxygen atoms in total. The molecule has 18 heavy (non-hydrogen) atoms. The fourth-order valence-electron chi connectivity index (χ4n) is 2.26. The highest BCUT2D eigenvalue weighted by Crippen LogP contribution is 2.03. The van der Waals surface area contributed by atoms with Gasteiger partial charge in [-0.25, -0.2) is 0 Å². The van der Waals surface area contributed by atoms with Gasteiger partial charge in [-0.1, -0.05) is 13.8 Å². The van der Waals surface area contributed by atoms with Crippen molar-refractivity contribution in [1.29, 1.82) is 0 Å². The van der Waals surface area contributed by atoms with Gasteiger partial charge in [0.2, 0.25) is 0 Å². The Bertz CT molecular complexity index is 240. The molecule has 5 heteroatoms. The van der Waals surface area contributed by atoms with Crippen LogP contribution in [0.25, 0.3) is 0 Å². The van der Waals surface area contributed by atoms with E-state index in [2.05, 4.69) is 22.0 Å². The summed E-state index contributed by atoms with van der Waals surface area (Å²) < 4.78 is 5.10. The molecule has 1 fully saturated rings. The van der Waals surface area contributed by atoms with Gasteiger partial charge in [-0.2, -0.15) is 0 Å². The van der Waals surface area contributed by atoms with E-state index in [0.717, 1.165) is 45.8 Å². The molecular formula is C13H27N3O2. The van der Waals surface area contributed by atoms with Crippen LogP contribution in [-0.2, 0) is 9.53 Å². The molecular weight excluding hydrogens is 230 g/mol. The number of nitrogens with one attached hydrogen (secondary N) is 1. The summed E-state index contributed by atoms with van der Waals surface area (Å²) in [5.74, 6) is -0.128. The van der Waals surface area contributed by atoms with Gasteiger partial charge in [-0.15, -0.1) is 0 Å². The van der Waals surface area contributed by atoms with Gasteiger partial charge in [-0.05, 0) is 20.0 Å². The monoisotopic (exact) mass is 257 g/mol. The van der Waals surface area contributed by atoms with Gasteiger partial charge in [0, 0.05) is 32.7 Å². The van der Waals surface area contributed by atoms with Gasteiger partial charge in [0.15, 0.2) is 0 Å². The molecule has 1 atom stereocenters. The molecule has 1 N–H and O–H groups in total. The molecule has 0 aromatic heterocycles. The van der Waals surface area contributed by atoms with Crippen molar-refractivity contribution in [1.82, 2.24) is 15.1 Å². The molecule has 0 aromatic rings. The highest BCUT2D eigenvalue weighted by Gasteiger charge is 2.24. The number of ether oxygens (including phenoxy) is 1. The number of hydrogen-bond acceptors (Lipinski definition) is 5. The SMILES string of the molecule is CCNC(CN1CCN(CC)CC1)C(=O)OCC. The quantitative estimate of drug-likeness (QED) is 0.659. The Morgan fingerprint density at radius 1 is 1.17 bits per heavy atom. The van der Waals surface area contributed by atoms with E-state index in [9.17, 15) is 4.79 Å². The van der Waals surface area contributed by atoms with Gasteiger partial charge < -0.3 is 15.0 Å². The van der Waals surface area contributed by atoms with Crippen LogP contribution in [0.1, 0.15) is 20.8 Å². The van der Waals surface area contributed by atoms with E-state index < -0.39 is 0 Å². The van der Waals surface area contributed by atoms with E-state index in [0.29, 0.717) is 6.61 Å². The zero-order valence-corrected chi connectivity index (χ0v) is 11.9. The summed E-state index contributed by atoms with van der Waals surface area (Å²) in [6.45, 7) is 13.4. The van der Waals surface area contributed by atoms with E-state index in [-0.39, 0.29) is 12.0 Å². The number of nitrogens with zero attached hydrogens (tertiary/aromatic N) is 2. The van der Waals surface area contributed by atoms with Gasteiger partial charge >= 0.3 is 5.97 Å². The third-order valence-corrected chi connectivity index (χ3v) is 3.37. The molecule has 1 aliphatic heterocycles. The van der Waals surface area contributed by atoms with Crippen molar-refractivity contribution in [2.45, 2.75) is 26.8 Å². The molecule has 0 saturated carbocycles. The average Bonchev–Trinajstić information content (AvgIpc) is 2.39. The molecule has 0 bridgehead atoms. The summed E-state index contributed by atoms with van der Waals surface area (Å²) in [5.41, 5.74) is 0. The third-order valence-electron chi connectivity index (χ3n) is 3.37. The Morgan fingerprint density at radius 2 is 1.78 bits per heavy atom. The number of likely N-dealkylation sites (N-methyl/N-ethyl adjacent to an activating group) is 2. The molecule has 0 radical (unpaired) electrons. The van der Waals surface area contributed by atoms with Gasteiger partial charge in [0.05, 0.1) is 6.61 Å². The van der Waals surface area contributed by atoms with E-state index >= 15 is 0 Å². The lowest BCUT2D eigenvalue weighted by Gasteiger charge is -2.35. The third kappa shape index (κ3) is 4.92. The number of esters is 1. The lowest BCUT2D eigenvalue weighted by atomic mass is 10.2. The van der Waals surface area contributed by atoms with Gasteiger partial charge in [0.1, 0.15) is 6.04 Å². The minimum atomic E-state index is -0.192. The second kappa shape index (κ2) is 8.45. The molecule has 0 spiro atoms. The largest absolute Gasteiger partial charge is 0.465 e. The Morgan fingerprint density at radius 3 is 2.28 bits per heavy atom. The Balaban J connectivity index is 2.39. The summed E-state index contributed by atoms with van der Waals surface area (Å²) in [6.07, 6.45) is 0. The van der Waals surface area contributed by atoms with E-state index in [1.54, 1.807) is 0 Å². The predicted molar refractivity (Wildman–Crippen MR) is 72.7 cm³/mol. The summed E-state index contributed by atoms with van der Waals surface area (Å²) >= 11 is 0. The van der Waals surface area contributed by atoms with Crippen LogP contribution in [0.15, 0.2) is 0 Å². The Hall–Kier alpha value is -0.650. The number of hydrogen-bond donors (Lipinski definition) is 1. The fourth-order valence-corrected chi connectivity index (χ4v) is 2.26. The van der Waals surface area contributed by atoms with Crippen molar-refractivity contribution in [3.8, 4) is 0 Å². The first kappa shape index (κ1) is 15.4. The van der Waals surface area contributed by atoms with Crippen LogP contribution in [0, 0.1) is 0 Å². The highest BCUT2D eigenvalue weighted by atomic mass is 16.5. The average molecular weight is 257 g/mol. The van der Waals surface area contributed by atoms with Crippen molar-refractivity contribution in [3.05, 3.63) is 0 Å². The van der Waals surface area contributed by atoms with Crippen molar-refractivity contribution >= 4 is 5.97 Å². The summed E-state index contributed by atoms with van der Waals surface area (Å²) in [6, 6.07) is -0.192. The fraction of sp³-hybridized carbons (Fsp3) is 0.923. The number of carbonyl (C=O) groups is 1. The van der Waals surface area contributed by atoms with Gasteiger partial charge in [0.25, 0.3) is 0 Å². The van der Waals surface area contributed by atoms with Crippen LogP contribution in [0.2, 0.25) is 0 Å². The normalized spacial score (nSPS) is 19.7. The maximum atomic E-state index is 11.8. The van der Waals surface area contributed by atoms with Crippen LogP contribution < -0.4 is 5.32 Å². The van der Waals surface area contributed by atoms with Crippen LogP contribution in [0.3, 0.4) is 0 Å². The van der Waals surface area contributed by atoms with E-state index in [4.69, 9.17) is 4.74 Å². The number of carbonyl (C=O) groups excluding carboxylic acids is 1. The van der Waals surface area contributed by atoms with Crippen LogP contribution >= 0.6 is 0 Å². The smallest absolute Gasteiger partial charge is 0.324 e. The van der Waals surface area contributed by atoms with Crippen molar-refractivity contribution in [2.24, 2.45) is 0 Å². The first-order valence-corrected chi connectivity index (χ1v) is 7.05. The summed E-state index contributed by atoms with van der Waals surface area (Å²) in [4.78, 5) is 16.6. The Labute approximate surface area is 110 Å². The second-order valence-corrected chi connectivity index (χ2v) is 4.60. The summed E-state index contributed by atoms with van der Waals surface area (Å²) in [5, 5.41) is 3.21. The van der Waals surface area contributed by atoms with Crippen LogP contribution in [-0.4, -0.2) is 74.2 Å². The van der Waals surface area contributed by atoms with Crippen molar-refractivity contribution in [3.63, 3.8) is 0 Å². The zero-order chi connectivity index (χ0) is 13.4. The van der Waals surface area contributed by atoms with Gasteiger partial charge in [-0.3, -0.25) is 9.69 Å². The Kier molecular flexibility index (Phi) is 7.23. The summed E-state index contributed by atoms with van der Waals surface area (Å²) in [7, 11) is 0.